The van der Waals surface area contributed by atoms with Gasteiger partial charge in [-0.05, 0) is 43.2 Å². The molecule has 1 saturated heterocycles. The molecule has 118 valence electrons. The summed E-state index contributed by atoms with van der Waals surface area (Å²) in [5, 5.41) is 0. The summed E-state index contributed by atoms with van der Waals surface area (Å²) < 4.78 is 0. The zero-order valence-electron chi connectivity index (χ0n) is 13.0. The third-order valence-corrected chi connectivity index (χ3v) is 5.98. The molecule has 1 aromatic rings. The lowest BCUT2D eigenvalue weighted by molar-refractivity contribution is -0.138. The van der Waals surface area contributed by atoms with Gasteiger partial charge in [-0.25, -0.2) is 0 Å². The van der Waals surface area contributed by atoms with E-state index in [-0.39, 0.29) is 12.0 Å². The minimum absolute atomic E-state index is 0.0991. The normalized spacial score (nSPS) is 34.2. The van der Waals surface area contributed by atoms with Crippen molar-refractivity contribution in [3.05, 3.63) is 30.3 Å². The fourth-order valence-corrected chi connectivity index (χ4v) is 4.74. The molecule has 0 radical (unpaired) electrons. The third kappa shape index (κ3) is 2.30. The Morgan fingerprint density at radius 1 is 1.00 bits per heavy atom. The summed E-state index contributed by atoms with van der Waals surface area (Å²) in [7, 11) is 0. The zero-order valence-corrected chi connectivity index (χ0v) is 13.0. The van der Waals surface area contributed by atoms with Crippen LogP contribution >= 0.6 is 0 Å². The van der Waals surface area contributed by atoms with E-state index >= 15 is 0 Å². The number of nitrogens with zero attached hydrogens (tertiary/aromatic N) is 2. The monoisotopic (exact) mass is 299 g/mol. The first kappa shape index (κ1) is 14.1. The molecule has 4 heteroatoms. The average molecular weight is 299 g/mol. The van der Waals surface area contributed by atoms with E-state index in [4.69, 9.17) is 5.73 Å². The van der Waals surface area contributed by atoms with Gasteiger partial charge in [0.15, 0.2) is 0 Å². The summed E-state index contributed by atoms with van der Waals surface area (Å²) in [4.78, 5) is 17.3. The largest absolute Gasteiger partial charge is 0.368 e. The van der Waals surface area contributed by atoms with Crippen LogP contribution in [0, 0.1) is 17.8 Å². The Balaban J connectivity index is 1.38. The van der Waals surface area contributed by atoms with Gasteiger partial charge in [-0.3, -0.25) is 4.79 Å². The molecule has 3 aliphatic rings. The van der Waals surface area contributed by atoms with Crippen LogP contribution in [0.2, 0.25) is 0 Å². The summed E-state index contributed by atoms with van der Waals surface area (Å²) in [5.74, 6) is 1.58. The number of benzene rings is 1. The van der Waals surface area contributed by atoms with E-state index in [1.165, 1.54) is 24.9 Å². The molecule has 2 bridgehead atoms. The molecule has 4 atom stereocenters. The van der Waals surface area contributed by atoms with Crippen molar-refractivity contribution in [3.8, 4) is 0 Å². The number of carbonyl (C=O) groups is 1. The highest BCUT2D eigenvalue weighted by Gasteiger charge is 2.50. The second kappa shape index (κ2) is 5.58. The Morgan fingerprint density at radius 3 is 2.32 bits per heavy atom. The maximum Gasteiger partial charge on any atom is 0.227 e. The van der Waals surface area contributed by atoms with Gasteiger partial charge in [0.25, 0.3) is 0 Å². The molecule has 2 saturated carbocycles. The van der Waals surface area contributed by atoms with Crippen molar-refractivity contribution in [2.24, 2.45) is 23.5 Å². The van der Waals surface area contributed by atoms with E-state index in [0.717, 1.165) is 26.2 Å². The molecule has 2 aliphatic carbocycles. The molecule has 3 fully saturated rings. The van der Waals surface area contributed by atoms with E-state index < -0.39 is 0 Å². The van der Waals surface area contributed by atoms with E-state index in [1.807, 2.05) is 6.07 Å². The Labute approximate surface area is 132 Å². The third-order valence-electron chi connectivity index (χ3n) is 5.98. The molecule has 4 unspecified atom stereocenters. The van der Waals surface area contributed by atoms with Crippen molar-refractivity contribution >= 4 is 11.6 Å². The summed E-state index contributed by atoms with van der Waals surface area (Å²) >= 11 is 0. The van der Waals surface area contributed by atoms with Crippen molar-refractivity contribution in [2.45, 2.75) is 25.3 Å². The van der Waals surface area contributed by atoms with Crippen LogP contribution < -0.4 is 10.6 Å². The first-order valence-corrected chi connectivity index (χ1v) is 8.58. The molecule has 4 nitrogen and oxygen atoms in total. The zero-order chi connectivity index (χ0) is 15.1. The summed E-state index contributed by atoms with van der Waals surface area (Å²) in [5.41, 5.74) is 7.59. The molecule has 1 amide bonds. The lowest BCUT2D eigenvalue weighted by atomic mass is 9.84. The van der Waals surface area contributed by atoms with E-state index in [1.54, 1.807) is 0 Å². The summed E-state index contributed by atoms with van der Waals surface area (Å²) in [6.45, 7) is 3.50. The number of hydrogen-bond acceptors (Lipinski definition) is 3. The second-order valence-electron chi connectivity index (χ2n) is 7.08. The number of piperazine rings is 1. The number of rotatable bonds is 2. The van der Waals surface area contributed by atoms with Crippen LogP contribution in [0.5, 0.6) is 0 Å². The van der Waals surface area contributed by atoms with E-state index in [2.05, 4.69) is 34.1 Å². The van der Waals surface area contributed by atoms with Gasteiger partial charge in [0.05, 0.1) is 5.92 Å². The van der Waals surface area contributed by atoms with Crippen molar-refractivity contribution in [1.82, 2.24) is 4.90 Å². The smallest absolute Gasteiger partial charge is 0.227 e. The van der Waals surface area contributed by atoms with Gasteiger partial charge in [0.2, 0.25) is 5.91 Å². The lowest BCUT2D eigenvalue weighted by Gasteiger charge is -2.39. The fourth-order valence-electron chi connectivity index (χ4n) is 4.74. The second-order valence-corrected chi connectivity index (χ2v) is 7.08. The van der Waals surface area contributed by atoms with Crippen LogP contribution in [0.25, 0.3) is 0 Å². The van der Waals surface area contributed by atoms with Crippen LogP contribution in [0.4, 0.5) is 5.69 Å². The minimum Gasteiger partial charge on any atom is -0.368 e. The van der Waals surface area contributed by atoms with Gasteiger partial charge >= 0.3 is 0 Å². The predicted octanol–water partition coefficient (Wildman–Crippen LogP) is 1.71. The first-order chi connectivity index (χ1) is 10.7. The van der Waals surface area contributed by atoms with Crippen LogP contribution in [-0.2, 0) is 4.79 Å². The van der Waals surface area contributed by atoms with Crippen molar-refractivity contribution < 1.29 is 4.79 Å². The van der Waals surface area contributed by atoms with E-state index in [0.29, 0.717) is 17.7 Å². The molecule has 22 heavy (non-hydrogen) atoms. The molecule has 0 aromatic heterocycles. The Morgan fingerprint density at radius 2 is 1.68 bits per heavy atom. The lowest BCUT2D eigenvalue weighted by Crippen LogP contribution is -2.53. The molecule has 1 aromatic carbocycles. The molecule has 1 heterocycles. The van der Waals surface area contributed by atoms with Gasteiger partial charge in [0.1, 0.15) is 0 Å². The number of para-hydroxylation sites is 1. The molecule has 4 rings (SSSR count). The number of fused-ring (bicyclic) bond motifs is 2. The van der Waals surface area contributed by atoms with Gasteiger partial charge in [-0.2, -0.15) is 0 Å². The molecule has 2 N–H and O–H groups in total. The highest BCUT2D eigenvalue weighted by atomic mass is 16.2. The first-order valence-electron chi connectivity index (χ1n) is 8.58. The molecule has 0 spiro atoms. The Hall–Kier alpha value is -1.55. The van der Waals surface area contributed by atoms with Crippen LogP contribution in [0.15, 0.2) is 30.3 Å². The van der Waals surface area contributed by atoms with Crippen molar-refractivity contribution in [2.75, 3.05) is 31.1 Å². The maximum absolute atomic E-state index is 12.9. The van der Waals surface area contributed by atoms with Gasteiger partial charge in [-0.15, -0.1) is 0 Å². The molecular weight excluding hydrogens is 274 g/mol. The van der Waals surface area contributed by atoms with Gasteiger partial charge in [-0.1, -0.05) is 18.2 Å². The number of nitrogens with two attached hydrogens (primary N) is 1. The highest BCUT2D eigenvalue weighted by molar-refractivity contribution is 5.81. The van der Waals surface area contributed by atoms with Crippen molar-refractivity contribution in [3.63, 3.8) is 0 Å². The topological polar surface area (TPSA) is 49.6 Å². The Kier molecular flexibility index (Phi) is 3.57. The van der Waals surface area contributed by atoms with Crippen LogP contribution in [0.1, 0.15) is 19.3 Å². The minimum atomic E-state index is 0.0991. The Bertz CT molecular complexity index is 537. The van der Waals surface area contributed by atoms with Crippen LogP contribution in [-0.4, -0.2) is 43.0 Å². The average Bonchev–Trinajstić information content (AvgIpc) is 3.16. The standard InChI is InChI=1S/C18H25N3O/c19-17-14-7-6-13(12-14)16(17)18(22)21-10-8-20(9-11-21)15-4-2-1-3-5-15/h1-5,13-14,16-17H,6-12,19H2. The number of carbonyl (C=O) groups excluding carboxylic acids is 1. The SMILES string of the molecule is NC1C2CCC(C2)C1C(=O)N1CCN(c2ccccc2)CC1. The predicted molar refractivity (Wildman–Crippen MR) is 87.5 cm³/mol. The number of amides is 1. The summed E-state index contributed by atoms with van der Waals surface area (Å²) in [6, 6.07) is 10.6. The highest BCUT2D eigenvalue weighted by Crippen LogP contribution is 2.48. The number of anilines is 1. The fraction of sp³-hybridized carbons (Fsp3) is 0.611. The molecular formula is C18H25N3O. The van der Waals surface area contributed by atoms with E-state index in [9.17, 15) is 4.79 Å². The quantitative estimate of drug-likeness (QED) is 0.904. The number of hydrogen-bond donors (Lipinski definition) is 1. The van der Waals surface area contributed by atoms with Crippen LogP contribution in [0.3, 0.4) is 0 Å². The molecule has 1 aliphatic heterocycles. The van der Waals surface area contributed by atoms with Gasteiger partial charge in [0, 0.05) is 37.9 Å². The summed E-state index contributed by atoms with van der Waals surface area (Å²) in [6.07, 6.45) is 3.62. The maximum atomic E-state index is 12.9. The van der Waals surface area contributed by atoms with Gasteiger partial charge < -0.3 is 15.5 Å². The van der Waals surface area contributed by atoms with Crippen molar-refractivity contribution in [1.29, 1.82) is 0 Å².